The highest BCUT2D eigenvalue weighted by molar-refractivity contribution is 5.84. The van der Waals surface area contributed by atoms with E-state index in [2.05, 4.69) is 26.0 Å². The third-order valence-electron chi connectivity index (χ3n) is 5.02. The highest BCUT2D eigenvalue weighted by Gasteiger charge is 2.16. The summed E-state index contributed by atoms with van der Waals surface area (Å²) in [5, 5.41) is 26.1. The van der Waals surface area contributed by atoms with Gasteiger partial charge >= 0.3 is 0 Å². The van der Waals surface area contributed by atoms with Crippen LogP contribution < -0.4 is 0 Å². The van der Waals surface area contributed by atoms with Crippen molar-refractivity contribution in [3.63, 3.8) is 0 Å². The van der Waals surface area contributed by atoms with Crippen molar-refractivity contribution >= 4 is 11.9 Å². The molecule has 2 aromatic carbocycles. The molecule has 0 aromatic heterocycles. The molecule has 0 saturated carbocycles. The highest BCUT2D eigenvalue weighted by atomic mass is 16.3. The highest BCUT2D eigenvalue weighted by Crippen LogP contribution is 2.27. The molecule has 3 unspecified atom stereocenters. The maximum atomic E-state index is 10.6. The van der Waals surface area contributed by atoms with Crippen LogP contribution in [0.15, 0.2) is 54.6 Å². The molecule has 0 amide bonds. The summed E-state index contributed by atoms with van der Waals surface area (Å²) in [4.78, 5) is 0. The van der Waals surface area contributed by atoms with Gasteiger partial charge < -0.3 is 15.9 Å². The third kappa shape index (κ3) is 5.63. The summed E-state index contributed by atoms with van der Waals surface area (Å²) in [6.45, 7) is 4.25. The van der Waals surface area contributed by atoms with Gasteiger partial charge in [0.25, 0.3) is 0 Å². The Kier molecular flexibility index (Phi) is 7.73. The zero-order valence-electron chi connectivity index (χ0n) is 15.8. The maximum absolute atomic E-state index is 10.6. The molecular weight excluding hydrogens is 320 g/mol. The fourth-order valence-corrected chi connectivity index (χ4v) is 3.21. The first-order chi connectivity index (χ1) is 12.5. The second-order valence-corrected chi connectivity index (χ2v) is 7.15. The number of aliphatic hydroxyl groups excluding tert-OH is 1. The average molecular weight is 351 g/mol. The van der Waals surface area contributed by atoms with E-state index in [4.69, 9.17) is 10.8 Å². The largest absolute Gasteiger partial charge is 0.384 e. The van der Waals surface area contributed by atoms with Crippen LogP contribution in [0.5, 0.6) is 0 Å². The summed E-state index contributed by atoms with van der Waals surface area (Å²) in [6, 6.07) is 17.8. The normalized spacial score (nSPS) is 14.4. The Morgan fingerprint density at radius 3 is 2.35 bits per heavy atom. The van der Waals surface area contributed by atoms with Gasteiger partial charge in [-0.1, -0.05) is 68.4 Å². The van der Waals surface area contributed by atoms with Gasteiger partial charge in [-0.25, -0.2) is 0 Å². The molecule has 0 heterocycles. The number of hydrogen-bond donors (Lipinski definition) is 3. The molecule has 0 aliphatic heterocycles. The van der Waals surface area contributed by atoms with Crippen molar-refractivity contribution in [3.05, 3.63) is 71.3 Å². The summed E-state index contributed by atoms with van der Waals surface area (Å²) in [5.41, 5.74) is 3.72. The predicted molar refractivity (Wildman–Crippen MR) is 110 cm³/mol. The maximum Gasteiger partial charge on any atom is 0.104 e. The lowest BCUT2D eigenvalue weighted by Crippen LogP contribution is -2.13. The molecule has 0 bridgehead atoms. The van der Waals surface area contributed by atoms with Crippen LogP contribution in [-0.4, -0.2) is 17.0 Å². The van der Waals surface area contributed by atoms with E-state index >= 15 is 0 Å². The molecule has 3 atom stereocenters. The van der Waals surface area contributed by atoms with Crippen molar-refractivity contribution in [1.29, 1.82) is 10.8 Å². The number of hydrogen-bond acceptors (Lipinski definition) is 3. The van der Waals surface area contributed by atoms with Gasteiger partial charge in [0, 0.05) is 5.71 Å². The fraction of sp³-hybridized carbons (Fsp3) is 0.391. The predicted octanol–water partition coefficient (Wildman–Crippen LogP) is 5.74. The molecule has 3 nitrogen and oxygen atoms in total. The second kappa shape index (κ2) is 10.0. The smallest absolute Gasteiger partial charge is 0.104 e. The van der Waals surface area contributed by atoms with E-state index in [9.17, 15) is 5.11 Å². The zero-order valence-corrected chi connectivity index (χ0v) is 15.8. The van der Waals surface area contributed by atoms with Gasteiger partial charge in [-0.3, -0.25) is 0 Å². The molecule has 0 fully saturated rings. The Hall–Kier alpha value is -2.26. The summed E-state index contributed by atoms with van der Waals surface area (Å²) < 4.78 is 0. The van der Waals surface area contributed by atoms with Crippen LogP contribution in [-0.2, 0) is 0 Å². The van der Waals surface area contributed by atoms with Crippen LogP contribution in [0.4, 0.5) is 0 Å². The molecule has 0 aliphatic carbocycles. The Balaban J connectivity index is 2.02. The van der Waals surface area contributed by atoms with Crippen molar-refractivity contribution in [1.82, 2.24) is 0 Å². The van der Waals surface area contributed by atoms with Gasteiger partial charge in [-0.2, -0.15) is 0 Å². The number of benzene rings is 2. The second-order valence-electron chi connectivity index (χ2n) is 7.15. The molecule has 2 aromatic rings. The number of nitrogens with one attached hydrogen (secondary N) is 2. The Labute approximate surface area is 157 Å². The van der Waals surface area contributed by atoms with Crippen LogP contribution in [0.2, 0.25) is 0 Å². The summed E-state index contributed by atoms with van der Waals surface area (Å²) in [7, 11) is 0. The van der Waals surface area contributed by atoms with Crippen LogP contribution in [0.3, 0.4) is 0 Å². The molecule has 3 heteroatoms. The quantitative estimate of drug-likeness (QED) is 0.371. The topological polar surface area (TPSA) is 67.9 Å². The average Bonchev–Trinajstić information content (AvgIpc) is 2.68. The first-order valence-electron chi connectivity index (χ1n) is 9.42. The molecule has 0 spiro atoms. The van der Waals surface area contributed by atoms with Crippen LogP contribution in [0.1, 0.15) is 68.2 Å². The lowest BCUT2D eigenvalue weighted by Gasteiger charge is -2.19. The minimum atomic E-state index is -0.622. The Morgan fingerprint density at radius 1 is 1.00 bits per heavy atom. The van der Waals surface area contributed by atoms with Gasteiger partial charge in [-0.15, -0.1) is 0 Å². The van der Waals surface area contributed by atoms with E-state index in [0.717, 1.165) is 48.1 Å². The minimum Gasteiger partial charge on any atom is -0.384 e. The number of rotatable bonds is 10. The monoisotopic (exact) mass is 350 g/mol. The van der Waals surface area contributed by atoms with Crippen molar-refractivity contribution in [3.8, 4) is 0 Å². The molecule has 138 valence electrons. The molecular formula is C23H30N2O. The van der Waals surface area contributed by atoms with Gasteiger partial charge in [-0.05, 0) is 60.4 Å². The van der Waals surface area contributed by atoms with Crippen molar-refractivity contribution in [2.24, 2.45) is 5.92 Å². The van der Waals surface area contributed by atoms with E-state index in [-0.39, 0.29) is 11.8 Å². The van der Waals surface area contributed by atoms with Crippen molar-refractivity contribution in [2.45, 2.75) is 51.6 Å². The van der Waals surface area contributed by atoms with Gasteiger partial charge in [0.15, 0.2) is 0 Å². The third-order valence-corrected chi connectivity index (χ3v) is 5.02. The molecule has 26 heavy (non-hydrogen) atoms. The Morgan fingerprint density at radius 2 is 1.65 bits per heavy atom. The first-order valence-corrected chi connectivity index (χ1v) is 9.42. The summed E-state index contributed by atoms with van der Waals surface area (Å²) >= 11 is 0. The fourth-order valence-electron chi connectivity index (χ4n) is 3.21. The molecule has 3 N–H and O–H groups in total. The molecule has 0 radical (unpaired) electrons. The lowest BCUT2D eigenvalue weighted by molar-refractivity contribution is 0.220. The molecule has 2 rings (SSSR count). The number of unbranched alkanes of at least 4 members (excludes halogenated alkanes) is 1. The first kappa shape index (κ1) is 20.1. The van der Waals surface area contributed by atoms with E-state index in [1.54, 1.807) is 0 Å². The number of aliphatic hydroxyl groups is 1. The van der Waals surface area contributed by atoms with Crippen LogP contribution >= 0.6 is 0 Å². The minimum absolute atomic E-state index is 0.246. The standard InChI is InChI=1S/C23H30N2O/c1-17(9-6-7-14-24)22(25)15-18(2)20-12-8-13-21(16-20)23(26)19-10-4-3-5-11-19/h3-5,8,10-14,16-18,23-26H,6-7,9,15H2,1-2H3. The van der Waals surface area contributed by atoms with Crippen LogP contribution in [0.25, 0.3) is 0 Å². The summed E-state index contributed by atoms with van der Waals surface area (Å²) in [6.07, 6.45) is 4.29. The van der Waals surface area contributed by atoms with Crippen molar-refractivity contribution < 1.29 is 5.11 Å². The zero-order chi connectivity index (χ0) is 18.9. The lowest BCUT2D eigenvalue weighted by atomic mass is 9.87. The SMILES string of the molecule is CC(CCCC=N)C(=N)CC(C)c1cccc(C(O)c2ccccc2)c1. The van der Waals surface area contributed by atoms with Crippen LogP contribution in [0, 0.1) is 16.7 Å². The molecule has 0 saturated heterocycles. The van der Waals surface area contributed by atoms with Gasteiger partial charge in [0.2, 0.25) is 0 Å². The molecule has 0 aliphatic rings. The summed E-state index contributed by atoms with van der Waals surface area (Å²) in [5.74, 6) is 0.506. The van der Waals surface area contributed by atoms with Crippen molar-refractivity contribution in [2.75, 3.05) is 0 Å². The van der Waals surface area contributed by atoms with E-state index in [1.807, 2.05) is 42.5 Å². The van der Waals surface area contributed by atoms with E-state index in [1.165, 1.54) is 6.21 Å². The Bertz CT molecular complexity index is 711. The van der Waals surface area contributed by atoms with E-state index in [0.29, 0.717) is 0 Å². The van der Waals surface area contributed by atoms with Gasteiger partial charge in [0.05, 0.1) is 0 Å². The van der Waals surface area contributed by atoms with E-state index < -0.39 is 6.10 Å². The van der Waals surface area contributed by atoms with Gasteiger partial charge in [0.1, 0.15) is 6.10 Å².